The molecule has 0 atom stereocenters. The number of nitrogens with zero attached hydrogens (tertiary/aromatic N) is 1. The number of hydrogen-bond acceptors (Lipinski definition) is 3. The molecule has 0 saturated heterocycles. The standard InChI is InChI=1S/C16H22N2O3/c1-11-4-3-5-13(6-11)16(21)17-9-15(20)18(2)10-12-7-14(19)8-12/h3-6,12,14,19H,7-10H2,1-2H3,(H,17,21). The number of aliphatic hydroxyl groups excluding tert-OH is 1. The van der Waals surface area contributed by atoms with Crippen LogP contribution in [0.5, 0.6) is 0 Å². The zero-order valence-corrected chi connectivity index (χ0v) is 12.5. The van der Waals surface area contributed by atoms with Crippen LogP contribution in [0.25, 0.3) is 0 Å². The predicted molar refractivity (Wildman–Crippen MR) is 79.9 cm³/mol. The van der Waals surface area contributed by atoms with Crippen LogP contribution in [0.4, 0.5) is 0 Å². The summed E-state index contributed by atoms with van der Waals surface area (Å²) in [6.45, 7) is 2.55. The first-order valence-corrected chi connectivity index (χ1v) is 7.22. The van der Waals surface area contributed by atoms with Crippen LogP contribution in [0.1, 0.15) is 28.8 Å². The Kier molecular flexibility index (Phi) is 4.96. The van der Waals surface area contributed by atoms with Gasteiger partial charge in [0.15, 0.2) is 0 Å². The van der Waals surface area contributed by atoms with Crippen molar-refractivity contribution in [2.24, 2.45) is 5.92 Å². The zero-order chi connectivity index (χ0) is 15.4. The highest BCUT2D eigenvalue weighted by Gasteiger charge is 2.29. The first-order valence-electron chi connectivity index (χ1n) is 7.22. The van der Waals surface area contributed by atoms with Gasteiger partial charge < -0.3 is 15.3 Å². The summed E-state index contributed by atoms with van der Waals surface area (Å²) in [7, 11) is 1.73. The quantitative estimate of drug-likeness (QED) is 0.848. The highest BCUT2D eigenvalue weighted by Crippen LogP contribution is 2.27. The number of aryl methyl sites for hydroxylation is 1. The molecule has 0 aromatic heterocycles. The first-order chi connectivity index (χ1) is 9.95. The van der Waals surface area contributed by atoms with Crippen LogP contribution in [0.15, 0.2) is 24.3 Å². The van der Waals surface area contributed by atoms with Crippen molar-refractivity contribution >= 4 is 11.8 Å². The van der Waals surface area contributed by atoms with Crippen molar-refractivity contribution in [1.29, 1.82) is 0 Å². The third kappa shape index (κ3) is 4.29. The third-order valence-electron chi connectivity index (χ3n) is 3.85. The van der Waals surface area contributed by atoms with Gasteiger partial charge in [0.1, 0.15) is 0 Å². The number of carbonyl (C=O) groups excluding carboxylic acids is 2. The molecule has 2 rings (SSSR count). The molecule has 2 amide bonds. The number of benzene rings is 1. The highest BCUT2D eigenvalue weighted by atomic mass is 16.3. The molecule has 5 nitrogen and oxygen atoms in total. The Balaban J connectivity index is 1.76. The molecule has 1 aliphatic rings. The Morgan fingerprint density at radius 3 is 2.71 bits per heavy atom. The summed E-state index contributed by atoms with van der Waals surface area (Å²) in [6, 6.07) is 7.26. The monoisotopic (exact) mass is 290 g/mol. The minimum absolute atomic E-state index is 0.00144. The second-order valence-electron chi connectivity index (χ2n) is 5.82. The molecule has 0 radical (unpaired) electrons. The summed E-state index contributed by atoms with van der Waals surface area (Å²) in [5.41, 5.74) is 1.57. The molecule has 0 unspecified atom stereocenters. The summed E-state index contributed by atoms with van der Waals surface area (Å²) in [6.07, 6.45) is 1.31. The van der Waals surface area contributed by atoms with Crippen molar-refractivity contribution in [1.82, 2.24) is 10.2 Å². The average molecular weight is 290 g/mol. The number of nitrogens with one attached hydrogen (secondary N) is 1. The van der Waals surface area contributed by atoms with Crippen LogP contribution in [0.2, 0.25) is 0 Å². The van der Waals surface area contributed by atoms with E-state index in [1.165, 1.54) is 0 Å². The highest BCUT2D eigenvalue weighted by molar-refractivity contribution is 5.96. The van der Waals surface area contributed by atoms with Gasteiger partial charge >= 0.3 is 0 Å². The van der Waals surface area contributed by atoms with Gasteiger partial charge in [-0.3, -0.25) is 9.59 Å². The van der Waals surface area contributed by atoms with E-state index in [-0.39, 0.29) is 24.5 Å². The molecule has 21 heavy (non-hydrogen) atoms. The lowest BCUT2D eigenvalue weighted by Crippen LogP contribution is -2.43. The van der Waals surface area contributed by atoms with Gasteiger partial charge in [0.25, 0.3) is 5.91 Å². The molecule has 2 N–H and O–H groups in total. The van der Waals surface area contributed by atoms with Crippen molar-refractivity contribution in [3.05, 3.63) is 35.4 Å². The fourth-order valence-corrected chi connectivity index (χ4v) is 2.52. The average Bonchev–Trinajstić information content (AvgIpc) is 2.42. The van der Waals surface area contributed by atoms with Crippen LogP contribution in [0.3, 0.4) is 0 Å². The van der Waals surface area contributed by atoms with Gasteiger partial charge in [0, 0.05) is 19.2 Å². The molecule has 0 spiro atoms. The molecular formula is C16H22N2O3. The Morgan fingerprint density at radius 2 is 2.10 bits per heavy atom. The fourth-order valence-electron chi connectivity index (χ4n) is 2.52. The van der Waals surface area contributed by atoms with Gasteiger partial charge in [-0.15, -0.1) is 0 Å². The van der Waals surface area contributed by atoms with Crippen LogP contribution in [-0.4, -0.2) is 48.1 Å². The van der Waals surface area contributed by atoms with Gasteiger partial charge in [-0.2, -0.15) is 0 Å². The van der Waals surface area contributed by atoms with Crippen LogP contribution >= 0.6 is 0 Å². The summed E-state index contributed by atoms with van der Waals surface area (Å²) in [4.78, 5) is 25.5. The summed E-state index contributed by atoms with van der Waals surface area (Å²) >= 11 is 0. The number of aliphatic hydroxyl groups is 1. The first kappa shape index (κ1) is 15.5. The molecular weight excluding hydrogens is 268 g/mol. The SMILES string of the molecule is Cc1cccc(C(=O)NCC(=O)N(C)CC2CC(O)C2)c1. The van der Waals surface area contributed by atoms with E-state index in [0.29, 0.717) is 18.0 Å². The van der Waals surface area contributed by atoms with Crippen molar-refractivity contribution in [2.45, 2.75) is 25.9 Å². The number of amides is 2. The predicted octanol–water partition coefficient (Wildman–Crippen LogP) is 0.954. The van der Waals surface area contributed by atoms with E-state index in [4.69, 9.17) is 0 Å². The number of hydrogen-bond donors (Lipinski definition) is 2. The van der Waals surface area contributed by atoms with Gasteiger partial charge in [-0.05, 0) is 37.8 Å². The molecule has 1 aromatic carbocycles. The summed E-state index contributed by atoms with van der Waals surface area (Å²) in [5.74, 6) is 0.0262. The lowest BCUT2D eigenvalue weighted by atomic mass is 9.82. The van der Waals surface area contributed by atoms with Crippen LogP contribution < -0.4 is 5.32 Å². The summed E-state index contributed by atoms with van der Waals surface area (Å²) in [5, 5.41) is 11.9. The van der Waals surface area contributed by atoms with E-state index < -0.39 is 0 Å². The Hall–Kier alpha value is -1.88. The maximum Gasteiger partial charge on any atom is 0.251 e. The maximum absolute atomic E-state index is 12.0. The molecule has 0 aliphatic heterocycles. The number of rotatable bonds is 5. The molecule has 0 bridgehead atoms. The molecule has 5 heteroatoms. The smallest absolute Gasteiger partial charge is 0.251 e. The molecule has 114 valence electrons. The molecule has 1 saturated carbocycles. The number of carbonyl (C=O) groups is 2. The van der Waals surface area contributed by atoms with Crippen molar-refractivity contribution < 1.29 is 14.7 Å². The topological polar surface area (TPSA) is 69.6 Å². The Morgan fingerprint density at radius 1 is 1.38 bits per heavy atom. The Labute approximate surface area is 125 Å². The molecule has 1 fully saturated rings. The summed E-state index contributed by atoms with van der Waals surface area (Å²) < 4.78 is 0. The maximum atomic E-state index is 12.0. The molecule has 1 aromatic rings. The van der Waals surface area contributed by atoms with Gasteiger partial charge in [-0.25, -0.2) is 0 Å². The second-order valence-corrected chi connectivity index (χ2v) is 5.82. The van der Waals surface area contributed by atoms with E-state index in [1.54, 1.807) is 24.1 Å². The molecule has 1 aliphatic carbocycles. The minimum Gasteiger partial charge on any atom is -0.393 e. The zero-order valence-electron chi connectivity index (χ0n) is 12.5. The van der Waals surface area contributed by atoms with E-state index in [0.717, 1.165) is 18.4 Å². The lowest BCUT2D eigenvalue weighted by Gasteiger charge is -2.34. The van der Waals surface area contributed by atoms with E-state index in [2.05, 4.69) is 5.32 Å². The normalized spacial score (nSPS) is 20.5. The van der Waals surface area contributed by atoms with Gasteiger partial charge in [0.2, 0.25) is 5.91 Å². The van der Waals surface area contributed by atoms with E-state index in [9.17, 15) is 14.7 Å². The van der Waals surface area contributed by atoms with Crippen LogP contribution in [-0.2, 0) is 4.79 Å². The van der Waals surface area contributed by atoms with E-state index >= 15 is 0 Å². The van der Waals surface area contributed by atoms with Crippen molar-refractivity contribution in [3.63, 3.8) is 0 Å². The second kappa shape index (κ2) is 6.72. The van der Waals surface area contributed by atoms with Crippen molar-refractivity contribution in [3.8, 4) is 0 Å². The number of likely N-dealkylation sites (N-methyl/N-ethyl adjacent to an activating group) is 1. The third-order valence-corrected chi connectivity index (χ3v) is 3.85. The van der Waals surface area contributed by atoms with Gasteiger partial charge in [0.05, 0.1) is 12.6 Å². The Bertz CT molecular complexity index is 524. The van der Waals surface area contributed by atoms with Crippen molar-refractivity contribution in [2.75, 3.05) is 20.1 Å². The van der Waals surface area contributed by atoms with Crippen LogP contribution in [0, 0.1) is 12.8 Å². The molecule has 0 heterocycles. The minimum atomic E-state index is -0.237. The largest absolute Gasteiger partial charge is 0.393 e. The van der Waals surface area contributed by atoms with E-state index in [1.807, 2.05) is 19.1 Å². The lowest BCUT2D eigenvalue weighted by molar-refractivity contribution is -0.130. The fraction of sp³-hybridized carbons (Fsp3) is 0.500. The van der Waals surface area contributed by atoms with Gasteiger partial charge in [-0.1, -0.05) is 17.7 Å².